The van der Waals surface area contributed by atoms with E-state index in [2.05, 4.69) is 63.8 Å². The maximum atomic E-state index is 2.45. The van der Waals surface area contributed by atoms with Crippen LogP contribution in [0.25, 0.3) is 16.9 Å². The number of imidazole rings is 1. The van der Waals surface area contributed by atoms with Gasteiger partial charge in [0.1, 0.15) is 6.20 Å². The molecular weight excluding hydrogens is 300 g/mol. The molecule has 0 bridgehead atoms. The van der Waals surface area contributed by atoms with Crippen molar-refractivity contribution in [1.29, 1.82) is 0 Å². The van der Waals surface area contributed by atoms with E-state index in [-0.39, 0.29) is 17.0 Å². The molecule has 0 radical (unpaired) electrons. The number of nitrogens with zero attached hydrogens (tertiary/aromatic N) is 2. The lowest BCUT2D eigenvalue weighted by atomic mass is 10.1. The summed E-state index contributed by atoms with van der Waals surface area (Å²) in [6.07, 6.45) is 6.83. The largest absolute Gasteiger partial charge is 1.00 e. The number of rotatable bonds is 1. The fourth-order valence-corrected chi connectivity index (χ4v) is 2.98. The van der Waals surface area contributed by atoms with Crippen molar-refractivity contribution >= 4 is 5.65 Å². The maximum Gasteiger partial charge on any atom is 0.289 e. The van der Waals surface area contributed by atoms with Gasteiger partial charge in [-0.2, -0.15) is 0 Å². The zero-order valence-electron chi connectivity index (χ0n) is 10.6. The lowest BCUT2D eigenvalue weighted by Crippen LogP contribution is -3.00. The Bertz CT molecular complexity index is 716. The van der Waals surface area contributed by atoms with Crippen LogP contribution in [0.4, 0.5) is 0 Å². The Hall–Kier alpha value is -1.61. The van der Waals surface area contributed by atoms with E-state index in [1.807, 2.05) is 0 Å². The van der Waals surface area contributed by atoms with Crippen LogP contribution in [0.5, 0.6) is 0 Å². The third kappa shape index (κ3) is 1.89. The van der Waals surface area contributed by atoms with Gasteiger partial charge in [-0.25, -0.2) is 8.97 Å². The fraction of sp³-hybridized carbons (Fsp3) is 0.188. The second-order valence-electron chi connectivity index (χ2n) is 4.90. The second kappa shape index (κ2) is 4.82. The van der Waals surface area contributed by atoms with E-state index in [1.54, 1.807) is 0 Å². The Morgan fingerprint density at radius 1 is 1.00 bits per heavy atom. The molecule has 19 heavy (non-hydrogen) atoms. The normalized spacial score (nSPS) is 13.3. The molecule has 0 aliphatic carbocycles. The van der Waals surface area contributed by atoms with Crippen LogP contribution in [-0.4, -0.2) is 4.57 Å². The lowest BCUT2D eigenvalue weighted by molar-refractivity contribution is -0.511. The van der Waals surface area contributed by atoms with Crippen molar-refractivity contribution in [1.82, 2.24) is 4.57 Å². The lowest BCUT2D eigenvalue weighted by Gasteiger charge is -2.10. The highest BCUT2D eigenvalue weighted by Gasteiger charge is 2.24. The molecule has 0 N–H and O–H groups in total. The SMILES string of the molecule is [Br-].c1ccc(-c2c[n+]3cccc4c3n2CCC4)cc1. The summed E-state index contributed by atoms with van der Waals surface area (Å²) in [5, 5.41) is 0. The quantitative estimate of drug-likeness (QED) is 0.552. The summed E-state index contributed by atoms with van der Waals surface area (Å²) in [6.45, 7) is 1.12. The number of hydrogen-bond donors (Lipinski definition) is 0. The van der Waals surface area contributed by atoms with Crippen LogP contribution in [0, 0.1) is 0 Å². The minimum atomic E-state index is 0. The molecule has 0 atom stereocenters. The zero-order chi connectivity index (χ0) is 11.9. The molecule has 3 heterocycles. The Labute approximate surface area is 123 Å². The van der Waals surface area contributed by atoms with E-state index in [9.17, 15) is 0 Å². The summed E-state index contributed by atoms with van der Waals surface area (Å²) in [4.78, 5) is 0. The monoisotopic (exact) mass is 314 g/mol. The van der Waals surface area contributed by atoms with Crippen molar-refractivity contribution in [3.63, 3.8) is 0 Å². The van der Waals surface area contributed by atoms with Gasteiger partial charge >= 0.3 is 0 Å². The molecule has 3 heteroatoms. The highest BCUT2D eigenvalue weighted by Crippen LogP contribution is 2.25. The van der Waals surface area contributed by atoms with Crippen molar-refractivity contribution < 1.29 is 21.4 Å². The first-order valence-corrected chi connectivity index (χ1v) is 6.51. The molecule has 2 aromatic heterocycles. The van der Waals surface area contributed by atoms with Gasteiger partial charge in [-0.15, -0.1) is 0 Å². The van der Waals surface area contributed by atoms with Gasteiger partial charge in [0, 0.05) is 11.1 Å². The summed E-state index contributed by atoms with van der Waals surface area (Å²) in [7, 11) is 0. The number of aromatic nitrogens is 2. The molecule has 0 saturated heterocycles. The molecule has 4 rings (SSSR count). The zero-order valence-corrected chi connectivity index (χ0v) is 12.2. The Morgan fingerprint density at radius 3 is 2.68 bits per heavy atom. The Balaban J connectivity index is 0.00000110. The molecule has 0 saturated carbocycles. The molecule has 0 unspecified atom stereocenters. The molecule has 3 aromatic rings. The van der Waals surface area contributed by atoms with Gasteiger partial charge in [0.25, 0.3) is 5.65 Å². The number of halogens is 1. The van der Waals surface area contributed by atoms with Crippen LogP contribution in [0.3, 0.4) is 0 Å². The number of benzene rings is 1. The van der Waals surface area contributed by atoms with E-state index in [0.717, 1.165) is 6.54 Å². The summed E-state index contributed by atoms with van der Waals surface area (Å²) < 4.78 is 4.71. The summed E-state index contributed by atoms with van der Waals surface area (Å²) in [5.74, 6) is 0. The number of hydrogen-bond acceptors (Lipinski definition) is 0. The molecule has 0 fully saturated rings. The first kappa shape index (κ1) is 12.4. The van der Waals surface area contributed by atoms with Crippen molar-refractivity contribution in [2.45, 2.75) is 19.4 Å². The predicted octanol–water partition coefficient (Wildman–Crippen LogP) is -0.156. The highest BCUT2D eigenvalue weighted by atomic mass is 79.9. The van der Waals surface area contributed by atoms with Crippen LogP contribution in [-0.2, 0) is 13.0 Å². The molecule has 0 spiro atoms. The first-order chi connectivity index (χ1) is 8.93. The van der Waals surface area contributed by atoms with Crippen molar-refractivity contribution in [2.75, 3.05) is 0 Å². The molecule has 2 nitrogen and oxygen atoms in total. The summed E-state index contributed by atoms with van der Waals surface area (Å²) >= 11 is 0. The first-order valence-electron chi connectivity index (χ1n) is 6.51. The average molecular weight is 315 g/mol. The van der Waals surface area contributed by atoms with Gasteiger partial charge in [-0.1, -0.05) is 30.3 Å². The van der Waals surface area contributed by atoms with Gasteiger partial charge in [-0.3, -0.25) is 0 Å². The topological polar surface area (TPSA) is 9.03 Å². The van der Waals surface area contributed by atoms with E-state index in [4.69, 9.17) is 0 Å². The van der Waals surface area contributed by atoms with E-state index < -0.39 is 0 Å². The highest BCUT2D eigenvalue weighted by molar-refractivity contribution is 5.62. The fourth-order valence-electron chi connectivity index (χ4n) is 2.98. The maximum absolute atomic E-state index is 2.45. The average Bonchev–Trinajstić information content (AvgIpc) is 2.82. The van der Waals surface area contributed by atoms with Crippen LogP contribution >= 0.6 is 0 Å². The molecule has 1 aliphatic rings. The van der Waals surface area contributed by atoms with Gasteiger partial charge in [-0.05, 0) is 25.0 Å². The van der Waals surface area contributed by atoms with Crippen LogP contribution in [0.2, 0.25) is 0 Å². The number of aryl methyl sites for hydroxylation is 2. The van der Waals surface area contributed by atoms with Crippen molar-refractivity contribution in [3.8, 4) is 11.3 Å². The van der Waals surface area contributed by atoms with Crippen LogP contribution in [0.15, 0.2) is 54.9 Å². The minimum absolute atomic E-state index is 0. The molecular formula is C16H15BrN2. The molecule has 0 amide bonds. The van der Waals surface area contributed by atoms with Gasteiger partial charge < -0.3 is 17.0 Å². The van der Waals surface area contributed by atoms with E-state index in [1.165, 1.54) is 35.3 Å². The minimum Gasteiger partial charge on any atom is -1.00 e. The van der Waals surface area contributed by atoms with Gasteiger partial charge in [0.15, 0.2) is 5.69 Å². The Morgan fingerprint density at radius 2 is 1.84 bits per heavy atom. The van der Waals surface area contributed by atoms with Crippen molar-refractivity contribution in [3.05, 3.63) is 60.4 Å². The standard InChI is InChI=1S/C16H15N2.BrH/c1-2-6-13(7-3-1)15-12-17-10-4-8-14-9-5-11-18(15)16(14)17;/h1-4,6-8,10,12H,5,9,11H2;1H/q+1;/p-1. The summed E-state index contributed by atoms with van der Waals surface area (Å²) in [6, 6.07) is 15.1. The van der Waals surface area contributed by atoms with Crippen molar-refractivity contribution in [2.24, 2.45) is 0 Å². The molecule has 96 valence electrons. The molecule has 1 aromatic carbocycles. The van der Waals surface area contributed by atoms with E-state index >= 15 is 0 Å². The number of pyridine rings is 1. The van der Waals surface area contributed by atoms with E-state index in [0.29, 0.717) is 0 Å². The van der Waals surface area contributed by atoms with Gasteiger partial charge in [0.05, 0.1) is 12.7 Å². The van der Waals surface area contributed by atoms with Crippen LogP contribution < -0.4 is 21.4 Å². The molecule has 1 aliphatic heterocycles. The smallest absolute Gasteiger partial charge is 0.289 e. The summed E-state index contributed by atoms with van der Waals surface area (Å²) in [5.41, 5.74) is 5.45. The second-order valence-corrected chi connectivity index (χ2v) is 4.90. The third-order valence-corrected chi connectivity index (χ3v) is 3.78. The Kier molecular flexibility index (Phi) is 3.15. The van der Waals surface area contributed by atoms with Crippen LogP contribution in [0.1, 0.15) is 12.0 Å². The third-order valence-electron chi connectivity index (χ3n) is 3.78. The van der Waals surface area contributed by atoms with Gasteiger partial charge in [0.2, 0.25) is 0 Å². The predicted molar refractivity (Wildman–Crippen MR) is 71.3 cm³/mol.